The second-order valence-corrected chi connectivity index (χ2v) is 9.47. The molecule has 2 rings (SSSR count). The quantitative estimate of drug-likeness (QED) is 0.176. The van der Waals surface area contributed by atoms with E-state index in [4.69, 9.17) is 29.1 Å². The average molecular weight is 531 g/mol. The van der Waals surface area contributed by atoms with Crippen LogP contribution in [0.5, 0.6) is 0 Å². The van der Waals surface area contributed by atoms with Gasteiger partial charge < -0.3 is 44.6 Å². The molecule has 1 heterocycles. The number of alkyl carbamates (subject to hydrolysis) is 1. The second-order valence-electron chi connectivity index (χ2n) is 9.47. The molecule has 0 saturated carbocycles. The molecule has 5 N–H and O–H groups in total. The molecule has 0 fully saturated rings. The third-order valence-electron chi connectivity index (χ3n) is 4.38. The van der Waals surface area contributed by atoms with Crippen LogP contribution >= 0.6 is 0 Å². The van der Waals surface area contributed by atoms with E-state index in [0.717, 1.165) is 31.1 Å². The number of aliphatic hydroxyl groups is 2. The van der Waals surface area contributed by atoms with Gasteiger partial charge in [-0.15, -0.1) is 0 Å². The number of unbranched alkanes of at least 4 members (excludes halogenated alkanes) is 2. The van der Waals surface area contributed by atoms with Crippen molar-refractivity contribution >= 4 is 6.09 Å². The first-order chi connectivity index (χ1) is 17.7. The summed E-state index contributed by atoms with van der Waals surface area (Å²) in [5, 5.41) is 21.5. The lowest BCUT2D eigenvalue weighted by atomic mass is 10.2. The summed E-state index contributed by atoms with van der Waals surface area (Å²) in [6.07, 6.45) is 4.97. The van der Waals surface area contributed by atoms with Crippen LogP contribution in [0.15, 0.2) is 28.7 Å². The molecule has 1 aromatic rings. The Morgan fingerprint density at radius 2 is 1.62 bits per heavy atom. The molecule has 1 aliphatic carbocycles. The smallest absolute Gasteiger partial charge is 0.407 e. The maximum atomic E-state index is 11.7. The normalized spacial score (nSPS) is 13.8. The number of allylic oxidation sites excluding steroid dienone is 2. The molecule has 10 heteroatoms. The molecular formula is C27H50N2O8. The van der Waals surface area contributed by atoms with Gasteiger partial charge >= 0.3 is 6.09 Å². The molecule has 1 aromatic heterocycles. The van der Waals surface area contributed by atoms with Crippen LogP contribution in [-0.4, -0.2) is 75.1 Å². The van der Waals surface area contributed by atoms with Gasteiger partial charge in [-0.3, -0.25) is 0 Å². The molecule has 0 spiro atoms. The van der Waals surface area contributed by atoms with E-state index in [9.17, 15) is 15.0 Å². The highest BCUT2D eigenvalue weighted by molar-refractivity contribution is 5.67. The molecule has 1 aliphatic rings. The Morgan fingerprint density at radius 3 is 2.11 bits per heavy atom. The highest BCUT2D eigenvalue weighted by Crippen LogP contribution is 2.12. The van der Waals surface area contributed by atoms with Crippen molar-refractivity contribution in [1.82, 2.24) is 5.32 Å². The second kappa shape index (κ2) is 23.2. The van der Waals surface area contributed by atoms with Crippen molar-refractivity contribution < 1.29 is 38.4 Å². The predicted molar refractivity (Wildman–Crippen MR) is 143 cm³/mol. The maximum Gasteiger partial charge on any atom is 0.407 e. The third-order valence-corrected chi connectivity index (χ3v) is 4.38. The molecule has 0 radical (unpaired) electrons. The zero-order valence-corrected chi connectivity index (χ0v) is 23.3. The zero-order chi connectivity index (χ0) is 27.9. The van der Waals surface area contributed by atoms with Crippen LogP contribution in [0.25, 0.3) is 0 Å². The summed E-state index contributed by atoms with van der Waals surface area (Å²) in [6, 6.07) is 3.49. The number of furan rings is 1. The van der Waals surface area contributed by atoms with Gasteiger partial charge in [-0.25, -0.2) is 4.79 Å². The summed E-state index contributed by atoms with van der Waals surface area (Å²) in [4.78, 5) is 11.7. The number of aliphatic hydroxyl groups excluding tert-OH is 2. The Kier molecular flexibility index (Phi) is 22.0. The summed E-state index contributed by atoms with van der Waals surface area (Å²) in [7, 11) is 1.51. The zero-order valence-electron chi connectivity index (χ0n) is 23.3. The number of hydrogen-bond acceptors (Lipinski definition) is 9. The number of methoxy groups -OCH3 is 1. The molecule has 1 amide bonds. The van der Waals surface area contributed by atoms with Crippen LogP contribution in [0.1, 0.15) is 58.5 Å². The fraction of sp³-hybridized carbons (Fsp3) is 0.741. The number of amides is 1. The van der Waals surface area contributed by atoms with Crippen LogP contribution in [0.2, 0.25) is 0 Å². The maximum absolute atomic E-state index is 11.7. The minimum absolute atomic E-state index is 0.0346. The highest BCUT2D eigenvalue weighted by atomic mass is 16.6. The molecule has 0 saturated heterocycles. The number of rotatable bonds is 17. The summed E-state index contributed by atoms with van der Waals surface area (Å²) in [5.41, 5.74) is 5.41. The lowest BCUT2D eigenvalue weighted by Gasteiger charge is -2.16. The summed E-state index contributed by atoms with van der Waals surface area (Å²) in [6.45, 7) is 10.2. The van der Waals surface area contributed by atoms with Crippen molar-refractivity contribution in [2.75, 3.05) is 46.6 Å². The number of nitrogens with one attached hydrogen (secondary N) is 1. The van der Waals surface area contributed by atoms with E-state index >= 15 is 0 Å². The van der Waals surface area contributed by atoms with Crippen molar-refractivity contribution in [1.29, 1.82) is 0 Å². The SMILES string of the molecule is CC(C)C.CC1C=C1.COCC(O)COCc1ccc(COCC(CO)OC(=O)NCCCCCN)o1. The summed E-state index contributed by atoms with van der Waals surface area (Å²) < 4.78 is 26.3. The van der Waals surface area contributed by atoms with Crippen LogP contribution in [0.4, 0.5) is 4.79 Å². The summed E-state index contributed by atoms with van der Waals surface area (Å²) >= 11 is 0. The van der Waals surface area contributed by atoms with Gasteiger partial charge in [0.1, 0.15) is 36.9 Å². The van der Waals surface area contributed by atoms with E-state index < -0.39 is 18.3 Å². The molecule has 10 nitrogen and oxygen atoms in total. The van der Waals surface area contributed by atoms with E-state index in [2.05, 4.69) is 45.2 Å². The molecule has 2 unspecified atom stereocenters. The largest absolute Gasteiger partial charge is 0.461 e. The lowest BCUT2D eigenvalue weighted by Crippen LogP contribution is -2.33. The molecule has 0 aromatic carbocycles. The van der Waals surface area contributed by atoms with Crippen molar-refractivity contribution in [2.24, 2.45) is 17.6 Å². The molecule has 0 aliphatic heterocycles. The fourth-order valence-corrected chi connectivity index (χ4v) is 2.47. The lowest BCUT2D eigenvalue weighted by molar-refractivity contribution is -0.0198. The van der Waals surface area contributed by atoms with Crippen LogP contribution in [0.3, 0.4) is 0 Å². The highest BCUT2D eigenvalue weighted by Gasteiger charge is 2.14. The topological polar surface area (TPSA) is 146 Å². The molecular weight excluding hydrogens is 480 g/mol. The molecule has 216 valence electrons. The number of carbonyl (C=O) groups is 1. The Balaban J connectivity index is 0.00000138. The minimum Gasteiger partial charge on any atom is -0.461 e. The number of ether oxygens (including phenoxy) is 4. The van der Waals surface area contributed by atoms with Crippen molar-refractivity contribution in [3.63, 3.8) is 0 Å². The number of hydrogen-bond donors (Lipinski definition) is 4. The summed E-state index contributed by atoms with van der Waals surface area (Å²) in [5.74, 6) is 2.83. The van der Waals surface area contributed by atoms with Gasteiger partial charge in [0.05, 0.1) is 26.4 Å². The van der Waals surface area contributed by atoms with Crippen molar-refractivity contribution in [3.8, 4) is 0 Å². The molecule has 37 heavy (non-hydrogen) atoms. The van der Waals surface area contributed by atoms with Gasteiger partial charge in [-0.05, 0) is 43.4 Å². The monoisotopic (exact) mass is 530 g/mol. The van der Waals surface area contributed by atoms with Gasteiger partial charge in [0.25, 0.3) is 0 Å². The van der Waals surface area contributed by atoms with Gasteiger partial charge in [0, 0.05) is 13.7 Å². The average Bonchev–Trinajstić information content (AvgIpc) is 3.49. The van der Waals surface area contributed by atoms with Crippen LogP contribution < -0.4 is 11.1 Å². The first kappa shape index (κ1) is 35.0. The first-order valence-corrected chi connectivity index (χ1v) is 13.1. The first-order valence-electron chi connectivity index (χ1n) is 13.1. The third kappa shape index (κ3) is 24.2. The van der Waals surface area contributed by atoms with E-state index in [-0.39, 0.29) is 39.6 Å². The minimum atomic E-state index is -0.765. The van der Waals surface area contributed by atoms with Crippen LogP contribution in [0, 0.1) is 11.8 Å². The van der Waals surface area contributed by atoms with E-state index in [1.54, 1.807) is 12.1 Å². The van der Waals surface area contributed by atoms with Crippen LogP contribution in [-0.2, 0) is 32.2 Å². The van der Waals surface area contributed by atoms with Gasteiger partial charge in [-0.2, -0.15) is 0 Å². The predicted octanol–water partition coefficient (Wildman–Crippen LogP) is 3.39. The van der Waals surface area contributed by atoms with Crippen molar-refractivity contribution in [2.45, 2.75) is 72.4 Å². The Labute approximate surface area is 222 Å². The number of nitrogens with two attached hydrogens (primary N) is 1. The standard InChI is InChI=1S/C19H34N2O8.C4H6.C4H10/c1-25-10-15(23)11-26-12-16-5-6-17(28-16)13-27-14-18(9-22)29-19(24)21-8-4-2-3-7-20;1-4-2-3-4;1-4(2)3/h5-6,15,18,22-23H,2-4,7-14,20H2,1H3,(H,21,24);2-4H,1H3;4H,1-3H3. The van der Waals surface area contributed by atoms with Crippen molar-refractivity contribution in [3.05, 3.63) is 35.8 Å². The van der Waals surface area contributed by atoms with E-state index in [1.807, 2.05) is 0 Å². The number of carbonyl (C=O) groups excluding carboxylic acids is 1. The Bertz CT molecular complexity index is 687. The molecule has 0 bridgehead atoms. The Morgan fingerprint density at radius 1 is 1.05 bits per heavy atom. The van der Waals surface area contributed by atoms with E-state index in [0.29, 0.717) is 24.6 Å². The van der Waals surface area contributed by atoms with Gasteiger partial charge in [-0.1, -0.05) is 46.3 Å². The van der Waals surface area contributed by atoms with Gasteiger partial charge in [0.15, 0.2) is 0 Å². The fourth-order valence-electron chi connectivity index (χ4n) is 2.47. The van der Waals surface area contributed by atoms with E-state index in [1.165, 1.54) is 7.11 Å². The van der Waals surface area contributed by atoms with Gasteiger partial charge in [0.2, 0.25) is 0 Å². The Hall–Kier alpha value is -1.95. The molecule has 2 atom stereocenters.